The molecule has 1 heterocycles. The van der Waals surface area contributed by atoms with E-state index in [9.17, 15) is 9.59 Å². The number of benzene rings is 3. The molecule has 1 amide bonds. The molecule has 0 bridgehead atoms. The number of esters is 1. The first-order valence-electron chi connectivity index (χ1n) is 9.49. The smallest absolute Gasteiger partial charge is 0.411 e. The number of morpholine rings is 1. The maximum atomic E-state index is 13.2. The zero-order valence-electron chi connectivity index (χ0n) is 15.8. The first-order valence-corrected chi connectivity index (χ1v) is 9.49. The molecule has 0 radical (unpaired) electrons. The fraction of sp³-hybridized carbons (Fsp3) is 0.167. The van der Waals surface area contributed by atoms with Crippen molar-refractivity contribution in [2.24, 2.45) is 0 Å². The number of ether oxygens (including phenoxy) is 2. The summed E-state index contributed by atoms with van der Waals surface area (Å²) < 4.78 is 11.1. The molecule has 0 saturated carbocycles. The lowest BCUT2D eigenvalue weighted by Crippen LogP contribution is -2.48. The Hall–Kier alpha value is -3.60. The lowest BCUT2D eigenvalue weighted by Gasteiger charge is -2.40. The second-order valence-corrected chi connectivity index (χ2v) is 6.82. The van der Waals surface area contributed by atoms with Crippen LogP contribution >= 0.6 is 0 Å². The maximum absolute atomic E-state index is 13.2. The summed E-state index contributed by atoms with van der Waals surface area (Å²) in [5.41, 5.74) is 2.46. The van der Waals surface area contributed by atoms with Crippen molar-refractivity contribution in [2.45, 2.75) is 18.7 Å². The van der Waals surface area contributed by atoms with Gasteiger partial charge in [-0.1, -0.05) is 91.0 Å². The molecule has 0 unspecified atom stereocenters. The van der Waals surface area contributed by atoms with E-state index >= 15 is 0 Å². The number of carbonyl (C=O) groups is 2. The second-order valence-electron chi connectivity index (χ2n) is 6.82. The lowest BCUT2D eigenvalue weighted by molar-refractivity contribution is -0.161. The normalized spacial score (nSPS) is 18.8. The molecule has 5 nitrogen and oxygen atoms in total. The molecule has 1 aliphatic rings. The van der Waals surface area contributed by atoms with Crippen molar-refractivity contribution in [1.29, 1.82) is 0 Å². The molecule has 5 heteroatoms. The van der Waals surface area contributed by atoms with Gasteiger partial charge in [0.15, 0.2) is 6.04 Å². The van der Waals surface area contributed by atoms with E-state index in [2.05, 4.69) is 0 Å². The van der Waals surface area contributed by atoms with E-state index in [0.29, 0.717) is 5.56 Å². The number of hydrogen-bond donors (Lipinski definition) is 0. The Morgan fingerprint density at radius 3 is 2.03 bits per heavy atom. The third kappa shape index (κ3) is 4.14. The van der Waals surface area contributed by atoms with Crippen LogP contribution in [0.15, 0.2) is 91.0 Å². The molecule has 0 aromatic heterocycles. The van der Waals surface area contributed by atoms with Crippen LogP contribution in [-0.2, 0) is 20.9 Å². The summed E-state index contributed by atoms with van der Waals surface area (Å²) in [6.07, 6.45) is -0.548. The van der Waals surface area contributed by atoms with Crippen LogP contribution in [0.4, 0.5) is 4.79 Å². The molecule has 2 atom stereocenters. The Balaban J connectivity index is 1.66. The van der Waals surface area contributed by atoms with Gasteiger partial charge in [0.1, 0.15) is 13.2 Å². The third-order valence-corrected chi connectivity index (χ3v) is 4.94. The SMILES string of the molecule is O=C1OC[C@H](c2ccccc2)N(C(=O)OCc2ccccc2)[C@H]1c1ccccc1. The van der Waals surface area contributed by atoms with Crippen molar-refractivity contribution >= 4 is 12.1 Å². The van der Waals surface area contributed by atoms with Crippen molar-refractivity contribution in [3.05, 3.63) is 108 Å². The Morgan fingerprint density at radius 2 is 1.41 bits per heavy atom. The van der Waals surface area contributed by atoms with E-state index < -0.39 is 24.1 Å². The summed E-state index contributed by atoms with van der Waals surface area (Å²) in [6, 6.07) is 26.9. The van der Waals surface area contributed by atoms with Gasteiger partial charge in [-0.3, -0.25) is 4.90 Å². The minimum atomic E-state index is -0.863. The fourth-order valence-electron chi connectivity index (χ4n) is 3.50. The number of hydrogen-bond acceptors (Lipinski definition) is 4. The van der Waals surface area contributed by atoms with Crippen LogP contribution in [0.3, 0.4) is 0 Å². The lowest BCUT2D eigenvalue weighted by atomic mass is 9.98. The molecule has 0 aliphatic carbocycles. The topological polar surface area (TPSA) is 55.8 Å². The van der Waals surface area contributed by atoms with E-state index in [1.54, 1.807) is 0 Å². The second kappa shape index (κ2) is 8.61. The van der Waals surface area contributed by atoms with Crippen molar-refractivity contribution in [3.8, 4) is 0 Å². The van der Waals surface area contributed by atoms with Crippen LogP contribution in [0.25, 0.3) is 0 Å². The number of nitrogens with zero attached hydrogens (tertiary/aromatic N) is 1. The van der Waals surface area contributed by atoms with Crippen molar-refractivity contribution in [2.75, 3.05) is 6.61 Å². The Morgan fingerprint density at radius 1 is 0.862 bits per heavy atom. The standard InChI is InChI=1S/C24H21NO4/c26-23-22(20-14-8-3-9-15-20)25(21(17-28-23)19-12-6-2-7-13-19)24(27)29-16-18-10-4-1-5-11-18/h1-15,21-22H,16-17H2/t21-,22+/m1/s1. The predicted molar refractivity (Wildman–Crippen MR) is 108 cm³/mol. The quantitative estimate of drug-likeness (QED) is 0.611. The highest BCUT2D eigenvalue weighted by Crippen LogP contribution is 2.36. The van der Waals surface area contributed by atoms with Gasteiger partial charge in [-0.25, -0.2) is 9.59 Å². The monoisotopic (exact) mass is 387 g/mol. The molecular weight excluding hydrogens is 366 g/mol. The summed E-state index contributed by atoms with van der Waals surface area (Å²) in [6.45, 7) is 0.223. The van der Waals surface area contributed by atoms with Crippen molar-refractivity contribution in [3.63, 3.8) is 0 Å². The van der Waals surface area contributed by atoms with E-state index in [0.717, 1.165) is 11.1 Å². The van der Waals surface area contributed by atoms with Crippen LogP contribution in [0.1, 0.15) is 28.8 Å². The van der Waals surface area contributed by atoms with Gasteiger partial charge in [-0.05, 0) is 16.7 Å². The molecule has 1 fully saturated rings. The highest BCUT2D eigenvalue weighted by Gasteiger charge is 2.43. The van der Waals surface area contributed by atoms with Crippen molar-refractivity contribution in [1.82, 2.24) is 4.90 Å². The molecule has 0 N–H and O–H groups in total. The highest BCUT2D eigenvalue weighted by molar-refractivity contribution is 5.84. The van der Waals surface area contributed by atoms with Gasteiger partial charge in [0.2, 0.25) is 0 Å². The molecule has 0 spiro atoms. The average Bonchev–Trinajstić information content (AvgIpc) is 2.79. The van der Waals surface area contributed by atoms with Crippen LogP contribution < -0.4 is 0 Å². The van der Waals surface area contributed by atoms with Gasteiger partial charge >= 0.3 is 12.1 Å². The Kier molecular flexibility index (Phi) is 5.56. The highest BCUT2D eigenvalue weighted by atomic mass is 16.6. The van der Waals surface area contributed by atoms with Crippen LogP contribution in [0.5, 0.6) is 0 Å². The molecule has 1 aliphatic heterocycles. The van der Waals surface area contributed by atoms with E-state index in [1.165, 1.54) is 4.90 Å². The van der Waals surface area contributed by atoms with Gasteiger partial charge in [0.05, 0.1) is 6.04 Å². The minimum absolute atomic E-state index is 0.0899. The first-order chi connectivity index (χ1) is 14.2. The molecule has 4 rings (SSSR count). The maximum Gasteiger partial charge on any atom is 0.411 e. The molecule has 1 saturated heterocycles. The first kappa shape index (κ1) is 18.7. The average molecular weight is 387 g/mol. The number of cyclic esters (lactones) is 1. The van der Waals surface area contributed by atoms with Gasteiger partial charge in [-0.2, -0.15) is 0 Å². The van der Waals surface area contributed by atoms with Gasteiger partial charge in [-0.15, -0.1) is 0 Å². The van der Waals surface area contributed by atoms with Crippen molar-refractivity contribution < 1.29 is 19.1 Å². The summed E-state index contributed by atoms with van der Waals surface area (Å²) in [5, 5.41) is 0. The Bertz CT molecular complexity index is 960. The minimum Gasteiger partial charge on any atom is -0.461 e. The molecule has 3 aromatic rings. The zero-order valence-corrected chi connectivity index (χ0v) is 15.8. The summed E-state index contributed by atoms with van der Waals surface area (Å²) in [5.74, 6) is -0.458. The van der Waals surface area contributed by atoms with E-state index in [4.69, 9.17) is 9.47 Å². The Labute approximate surface area is 169 Å². The van der Waals surface area contributed by atoms with Crippen LogP contribution in [0.2, 0.25) is 0 Å². The number of amides is 1. The molecule has 146 valence electrons. The summed E-state index contributed by atoms with van der Waals surface area (Å²) in [7, 11) is 0. The largest absolute Gasteiger partial charge is 0.461 e. The molecular formula is C24H21NO4. The van der Waals surface area contributed by atoms with Gasteiger partial charge < -0.3 is 9.47 Å². The number of rotatable bonds is 4. The van der Waals surface area contributed by atoms with Crippen LogP contribution in [-0.4, -0.2) is 23.6 Å². The van der Waals surface area contributed by atoms with E-state index in [1.807, 2.05) is 91.0 Å². The molecule has 3 aromatic carbocycles. The third-order valence-electron chi connectivity index (χ3n) is 4.94. The number of carbonyl (C=O) groups excluding carboxylic acids is 2. The summed E-state index contributed by atoms with van der Waals surface area (Å²) >= 11 is 0. The summed E-state index contributed by atoms with van der Waals surface area (Å²) in [4.78, 5) is 27.4. The van der Waals surface area contributed by atoms with Crippen LogP contribution in [0, 0.1) is 0 Å². The van der Waals surface area contributed by atoms with Gasteiger partial charge in [0, 0.05) is 0 Å². The van der Waals surface area contributed by atoms with E-state index in [-0.39, 0.29) is 13.2 Å². The fourth-order valence-corrected chi connectivity index (χ4v) is 3.50. The zero-order chi connectivity index (χ0) is 20.1. The molecule has 29 heavy (non-hydrogen) atoms. The van der Waals surface area contributed by atoms with Gasteiger partial charge in [0.25, 0.3) is 0 Å². The predicted octanol–water partition coefficient (Wildman–Crippen LogP) is 4.66.